The second kappa shape index (κ2) is 5.44. The fraction of sp³-hybridized carbons (Fsp3) is 0.667. The van der Waals surface area contributed by atoms with Crippen molar-refractivity contribution < 1.29 is 9.59 Å². The first-order valence-electron chi connectivity index (χ1n) is 2.95. The maximum atomic E-state index is 10.4. The summed E-state index contributed by atoms with van der Waals surface area (Å²) in [5, 5.41) is 0. The lowest BCUT2D eigenvalue weighted by Gasteiger charge is -1.99. The summed E-state index contributed by atoms with van der Waals surface area (Å²) in [7, 11) is 0. The molecule has 0 rings (SSSR count). The molecule has 3 nitrogen and oxygen atoms in total. The van der Waals surface area contributed by atoms with E-state index in [2.05, 4.69) is 0 Å². The molecule has 0 aliphatic heterocycles. The van der Waals surface area contributed by atoms with Crippen LogP contribution in [-0.4, -0.2) is 29.6 Å². The number of rotatable bonds is 5. The first-order valence-corrected chi connectivity index (χ1v) is 4.10. The molecule has 0 aromatic carbocycles. The highest BCUT2D eigenvalue weighted by atomic mass is 32.2. The fourth-order valence-electron chi connectivity index (χ4n) is 0.378. The second-order valence-corrected chi connectivity index (χ2v) is 3.05. The predicted molar refractivity (Wildman–Crippen MR) is 42.0 cm³/mol. The molecule has 0 radical (unpaired) electrons. The standard InChI is InChI=1S/C6H11NO2S/c1-5(9)3-10-4-6(7)2-8/h2,6H,3-4,7H2,1H3. The van der Waals surface area contributed by atoms with Gasteiger partial charge in [0, 0.05) is 5.75 Å². The van der Waals surface area contributed by atoms with Gasteiger partial charge in [-0.1, -0.05) is 0 Å². The fourth-order valence-corrected chi connectivity index (χ4v) is 1.13. The van der Waals surface area contributed by atoms with E-state index < -0.39 is 6.04 Å². The van der Waals surface area contributed by atoms with Gasteiger partial charge in [-0.05, 0) is 6.92 Å². The largest absolute Gasteiger partial charge is 0.321 e. The van der Waals surface area contributed by atoms with E-state index in [1.54, 1.807) is 0 Å². The minimum absolute atomic E-state index is 0.114. The van der Waals surface area contributed by atoms with Crippen LogP contribution in [0.2, 0.25) is 0 Å². The van der Waals surface area contributed by atoms with Gasteiger partial charge in [0.25, 0.3) is 0 Å². The van der Waals surface area contributed by atoms with Gasteiger partial charge < -0.3 is 10.5 Å². The van der Waals surface area contributed by atoms with Crippen molar-refractivity contribution in [3.8, 4) is 0 Å². The lowest BCUT2D eigenvalue weighted by Crippen LogP contribution is -2.24. The Morgan fingerprint density at radius 1 is 1.80 bits per heavy atom. The van der Waals surface area contributed by atoms with E-state index in [0.29, 0.717) is 17.8 Å². The molecule has 0 heterocycles. The van der Waals surface area contributed by atoms with Crippen LogP contribution in [0.15, 0.2) is 0 Å². The Balaban J connectivity index is 3.19. The van der Waals surface area contributed by atoms with Crippen LogP contribution >= 0.6 is 11.8 Å². The molecule has 1 atom stereocenters. The molecular weight excluding hydrogens is 150 g/mol. The third kappa shape index (κ3) is 5.78. The number of hydrogen-bond donors (Lipinski definition) is 1. The average molecular weight is 161 g/mol. The van der Waals surface area contributed by atoms with Gasteiger partial charge in [0.15, 0.2) is 0 Å². The van der Waals surface area contributed by atoms with Crippen molar-refractivity contribution in [2.75, 3.05) is 11.5 Å². The molecule has 0 aromatic heterocycles. The van der Waals surface area contributed by atoms with Crippen LogP contribution in [-0.2, 0) is 9.59 Å². The van der Waals surface area contributed by atoms with Crippen LogP contribution in [0.25, 0.3) is 0 Å². The highest BCUT2D eigenvalue weighted by Gasteiger charge is 2.00. The Morgan fingerprint density at radius 2 is 2.40 bits per heavy atom. The Morgan fingerprint density at radius 3 is 2.80 bits per heavy atom. The van der Waals surface area contributed by atoms with E-state index >= 15 is 0 Å². The number of nitrogens with two attached hydrogens (primary N) is 1. The van der Waals surface area contributed by atoms with E-state index in [9.17, 15) is 9.59 Å². The van der Waals surface area contributed by atoms with Gasteiger partial charge in [0.1, 0.15) is 12.1 Å². The summed E-state index contributed by atoms with van der Waals surface area (Å²) in [5.41, 5.74) is 5.26. The zero-order valence-electron chi connectivity index (χ0n) is 5.87. The molecule has 0 aliphatic carbocycles. The summed E-state index contributed by atoms with van der Waals surface area (Å²) in [6.45, 7) is 1.51. The molecule has 0 saturated heterocycles. The maximum absolute atomic E-state index is 10.4. The highest BCUT2D eigenvalue weighted by Crippen LogP contribution is 1.99. The zero-order valence-corrected chi connectivity index (χ0v) is 6.69. The van der Waals surface area contributed by atoms with E-state index in [1.807, 2.05) is 0 Å². The highest BCUT2D eigenvalue weighted by molar-refractivity contribution is 8.00. The number of Topliss-reactive ketones (excluding diaryl/α,β-unsaturated/α-hetero) is 1. The topological polar surface area (TPSA) is 60.2 Å². The van der Waals surface area contributed by atoms with Gasteiger partial charge in [-0.15, -0.1) is 0 Å². The number of carbonyl (C=O) groups excluding carboxylic acids is 2. The Labute approximate surface area is 64.4 Å². The first-order chi connectivity index (χ1) is 4.66. The van der Waals surface area contributed by atoms with Crippen LogP contribution in [0, 0.1) is 0 Å². The molecule has 0 bridgehead atoms. The van der Waals surface area contributed by atoms with E-state index in [-0.39, 0.29) is 5.78 Å². The number of hydrogen-bond acceptors (Lipinski definition) is 4. The van der Waals surface area contributed by atoms with Crippen molar-refractivity contribution in [1.82, 2.24) is 0 Å². The molecular formula is C6H11NO2S. The average Bonchev–Trinajstić information content (AvgIpc) is 1.87. The second-order valence-electron chi connectivity index (χ2n) is 2.02. The van der Waals surface area contributed by atoms with Crippen molar-refractivity contribution in [2.45, 2.75) is 13.0 Å². The van der Waals surface area contributed by atoms with Gasteiger partial charge in [0.2, 0.25) is 0 Å². The van der Waals surface area contributed by atoms with Gasteiger partial charge in [-0.3, -0.25) is 4.79 Å². The minimum Gasteiger partial charge on any atom is -0.321 e. The summed E-state index contributed by atoms with van der Waals surface area (Å²) in [5.74, 6) is 1.09. The van der Waals surface area contributed by atoms with E-state index in [4.69, 9.17) is 5.73 Å². The lowest BCUT2D eigenvalue weighted by molar-refractivity contribution is -0.114. The predicted octanol–water partition coefficient (Wildman–Crippen LogP) is -0.165. The molecule has 2 N–H and O–H groups in total. The molecule has 0 saturated carbocycles. The molecule has 1 unspecified atom stereocenters. The van der Waals surface area contributed by atoms with E-state index in [0.717, 1.165) is 0 Å². The summed E-state index contributed by atoms with van der Waals surface area (Å²) in [6, 6.07) is -0.427. The van der Waals surface area contributed by atoms with E-state index in [1.165, 1.54) is 18.7 Å². The molecule has 4 heteroatoms. The van der Waals surface area contributed by atoms with Crippen LogP contribution in [0.4, 0.5) is 0 Å². The van der Waals surface area contributed by atoms with Gasteiger partial charge >= 0.3 is 0 Å². The number of thioether (sulfide) groups is 1. The Kier molecular flexibility index (Phi) is 5.25. The molecule has 58 valence electrons. The quantitative estimate of drug-likeness (QED) is 0.569. The number of ketones is 1. The van der Waals surface area contributed by atoms with Crippen molar-refractivity contribution in [3.05, 3.63) is 0 Å². The first kappa shape index (κ1) is 9.65. The summed E-state index contributed by atoms with van der Waals surface area (Å²) in [4.78, 5) is 20.3. The Bertz CT molecular complexity index is 127. The molecule has 0 aliphatic rings. The number of carbonyl (C=O) groups is 2. The monoisotopic (exact) mass is 161 g/mol. The SMILES string of the molecule is CC(=O)CSCC(N)C=O. The number of aldehydes is 1. The van der Waals surface area contributed by atoms with Gasteiger partial charge in [-0.25, -0.2) is 0 Å². The van der Waals surface area contributed by atoms with Crippen molar-refractivity contribution in [2.24, 2.45) is 5.73 Å². The summed E-state index contributed by atoms with van der Waals surface area (Å²) < 4.78 is 0. The van der Waals surface area contributed by atoms with Crippen LogP contribution in [0.5, 0.6) is 0 Å². The molecule has 0 amide bonds. The zero-order chi connectivity index (χ0) is 7.98. The maximum Gasteiger partial charge on any atom is 0.139 e. The summed E-state index contributed by atoms with van der Waals surface area (Å²) >= 11 is 1.39. The Hall–Kier alpha value is -0.350. The van der Waals surface area contributed by atoms with Crippen molar-refractivity contribution >= 4 is 23.8 Å². The summed E-state index contributed by atoms with van der Waals surface area (Å²) in [6.07, 6.45) is 0.688. The lowest BCUT2D eigenvalue weighted by atomic mass is 10.4. The van der Waals surface area contributed by atoms with Gasteiger partial charge in [-0.2, -0.15) is 11.8 Å². The van der Waals surface area contributed by atoms with Crippen LogP contribution in [0.1, 0.15) is 6.92 Å². The van der Waals surface area contributed by atoms with Crippen molar-refractivity contribution in [3.63, 3.8) is 0 Å². The molecule has 0 spiro atoms. The van der Waals surface area contributed by atoms with Crippen LogP contribution in [0.3, 0.4) is 0 Å². The molecule has 10 heavy (non-hydrogen) atoms. The third-order valence-corrected chi connectivity index (χ3v) is 2.02. The molecule has 0 aromatic rings. The van der Waals surface area contributed by atoms with Gasteiger partial charge in [0.05, 0.1) is 11.8 Å². The van der Waals surface area contributed by atoms with Crippen LogP contribution < -0.4 is 5.73 Å². The minimum atomic E-state index is -0.427. The molecule has 0 fully saturated rings. The van der Waals surface area contributed by atoms with Crippen molar-refractivity contribution in [1.29, 1.82) is 0 Å². The smallest absolute Gasteiger partial charge is 0.139 e. The third-order valence-electron chi connectivity index (χ3n) is 0.790. The normalized spacial score (nSPS) is 12.6.